The van der Waals surface area contributed by atoms with E-state index in [2.05, 4.69) is 15.1 Å². The first kappa shape index (κ1) is 22.3. The van der Waals surface area contributed by atoms with Crippen LogP contribution in [0, 0.1) is 24.1 Å². The molecule has 0 bridgehead atoms. The summed E-state index contributed by atoms with van der Waals surface area (Å²) in [6.07, 6.45) is 0.248. The molecule has 0 saturated carbocycles. The van der Waals surface area contributed by atoms with Gasteiger partial charge < -0.3 is 5.32 Å². The SMILES string of the molecule is Cc1cc(NC(=O)c2ccc(NS(=O)(=O)c3ccc(F)c(Cl)c3)cc2)n(CCC#N)n1. The van der Waals surface area contributed by atoms with Gasteiger partial charge in [0.15, 0.2) is 0 Å². The number of rotatable bonds is 7. The van der Waals surface area contributed by atoms with E-state index in [1.54, 1.807) is 13.0 Å². The number of hydrogen-bond acceptors (Lipinski definition) is 5. The van der Waals surface area contributed by atoms with E-state index < -0.39 is 21.7 Å². The Morgan fingerprint density at radius 1 is 1.23 bits per heavy atom. The maximum Gasteiger partial charge on any atom is 0.261 e. The van der Waals surface area contributed by atoms with Crippen LogP contribution in [0.5, 0.6) is 0 Å². The minimum Gasteiger partial charge on any atom is -0.307 e. The highest BCUT2D eigenvalue weighted by atomic mass is 35.5. The number of hydrogen-bond donors (Lipinski definition) is 2. The van der Waals surface area contributed by atoms with Crippen molar-refractivity contribution in [2.24, 2.45) is 0 Å². The highest BCUT2D eigenvalue weighted by Gasteiger charge is 2.17. The van der Waals surface area contributed by atoms with Crippen molar-refractivity contribution in [2.45, 2.75) is 24.8 Å². The maximum absolute atomic E-state index is 13.3. The van der Waals surface area contributed by atoms with Gasteiger partial charge in [0.25, 0.3) is 15.9 Å². The summed E-state index contributed by atoms with van der Waals surface area (Å²) in [6, 6.07) is 12.5. The molecule has 11 heteroatoms. The number of aryl methyl sites for hydroxylation is 2. The second-order valence-electron chi connectivity index (χ2n) is 6.52. The van der Waals surface area contributed by atoms with Crippen LogP contribution in [0.1, 0.15) is 22.5 Å². The third-order valence-electron chi connectivity index (χ3n) is 4.18. The number of nitriles is 1. The number of carbonyl (C=O) groups is 1. The van der Waals surface area contributed by atoms with Crippen LogP contribution in [-0.4, -0.2) is 24.1 Å². The van der Waals surface area contributed by atoms with Crippen LogP contribution >= 0.6 is 11.6 Å². The van der Waals surface area contributed by atoms with Crippen molar-refractivity contribution in [1.82, 2.24) is 9.78 Å². The Hall–Kier alpha value is -3.42. The number of carbonyl (C=O) groups excluding carboxylic acids is 1. The number of amides is 1. The first-order chi connectivity index (χ1) is 14.7. The molecule has 0 spiro atoms. The zero-order valence-corrected chi connectivity index (χ0v) is 17.8. The van der Waals surface area contributed by atoms with Gasteiger partial charge in [0.05, 0.1) is 34.6 Å². The van der Waals surface area contributed by atoms with Crippen LogP contribution in [0.25, 0.3) is 0 Å². The van der Waals surface area contributed by atoms with Gasteiger partial charge in [0, 0.05) is 17.3 Å². The van der Waals surface area contributed by atoms with E-state index in [1.807, 2.05) is 6.07 Å². The Balaban J connectivity index is 1.72. The molecular weight excluding hydrogens is 445 g/mol. The average molecular weight is 462 g/mol. The molecule has 0 saturated heterocycles. The lowest BCUT2D eigenvalue weighted by atomic mass is 10.2. The van der Waals surface area contributed by atoms with Gasteiger partial charge in [-0.2, -0.15) is 10.4 Å². The number of halogens is 2. The Morgan fingerprint density at radius 3 is 2.58 bits per heavy atom. The third-order valence-corrected chi connectivity index (χ3v) is 5.85. The van der Waals surface area contributed by atoms with Gasteiger partial charge >= 0.3 is 0 Å². The van der Waals surface area contributed by atoms with Gasteiger partial charge in [-0.1, -0.05) is 11.6 Å². The summed E-state index contributed by atoms with van der Waals surface area (Å²) >= 11 is 5.65. The topological polar surface area (TPSA) is 117 Å². The molecule has 0 unspecified atom stereocenters. The zero-order valence-electron chi connectivity index (χ0n) is 16.3. The summed E-state index contributed by atoms with van der Waals surface area (Å²) in [4.78, 5) is 12.3. The molecule has 0 aliphatic heterocycles. The van der Waals surface area contributed by atoms with Crippen molar-refractivity contribution in [3.8, 4) is 6.07 Å². The molecule has 3 aromatic rings. The van der Waals surface area contributed by atoms with Crippen molar-refractivity contribution in [2.75, 3.05) is 10.0 Å². The normalized spacial score (nSPS) is 11.0. The first-order valence-electron chi connectivity index (χ1n) is 9.00. The molecule has 8 nitrogen and oxygen atoms in total. The largest absolute Gasteiger partial charge is 0.307 e. The van der Waals surface area contributed by atoms with Crippen molar-refractivity contribution < 1.29 is 17.6 Å². The third kappa shape index (κ3) is 5.39. The van der Waals surface area contributed by atoms with Gasteiger partial charge in [0.1, 0.15) is 11.6 Å². The molecular formula is C20H17ClFN5O3S. The maximum atomic E-state index is 13.3. The first-order valence-corrected chi connectivity index (χ1v) is 10.9. The molecule has 1 amide bonds. The lowest BCUT2D eigenvalue weighted by Gasteiger charge is -2.10. The minimum atomic E-state index is -3.99. The van der Waals surface area contributed by atoms with E-state index in [9.17, 15) is 17.6 Å². The summed E-state index contributed by atoms with van der Waals surface area (Å²) in [6.45, 7) is 2.11. The lowest BCUT2D eigenvalue weighted by molar-refractivity contribution is 0.102. The molecule has 31 heavy (non-hydrogen) atoms. The number of aromatic nitrogens is 2. The van der Waals surface area contributed by atoms with Crippen LogP contribution in [0.3, 0.4) is 0 Å². The van der Waals surface area contributed by atoms with E-state index in [-0.39, 0.29) is 22.0 Å². The summed E-state index contributed by atoms with van der Waals surface area (Å²) in [5.41, 5.74) is 1.20. The summed E-state index contributed by atoms with van der Waals surface area (Å²) in [5, 5.41) is 15.4. The summed E-state index contributed by atoms with van der Waals surface area (Å²) < 4.78 is 42.0. The highest BCUT2D eigenvalue weighted by Crippen LogP contribution is 2.22. The predicted octanol–water partition coefficient (Wildman–Crippen LogP) is 3.95. The predicted molar refractivity (Wildman–Crippen MR) is 114 cm³/mol. The second-order valence-corrected chi connectivity index (χ2v) is 8.60. The molecule has 0 atom stereocenters. The molecule has 0 fully saturated rings. The number of benzene rings is 2. The van der Waals surface area contributed by atoms with Gasteiger partial charge in [-0.15, -0.1) is 0 Å². The number of sulfonamides is 1. The van der Waals surface area contributed by atoms with Crippen molar-refractivity contribution >= 4 is 39.0 Å². The summed E-state index contributed by atoms with van der Waals surface area (Å²) in [7, 11) is -3.99. The van der Waals surface area contributed by atoms with E-state index in [0.717, 1.165) is 18.2 Å². The van der Waals surface area contributed by atoms with Crippen molar-refractivity contribution in [3.63, 3.8) is 0 Å². The Morgan fingerprint density at radius 2 is 1.94 bits per heavy atom. The second kappa shape index (κ2) is 9.16. The average Bonchev–Trinajstić information content (AvgIpc) is 3.07. The van der Waals surface area contributed by atoms with Crippen LogP contribution in [-0.2, 0) is 16.6 Å². The van der Waals surface area contributed by atoms with Crippen LogP contribution < -0.4 is 10.0 Å². The Kier molecular flexibility index (Phi) is 6.58. The minimum absolute atomic E-state index is 0.193. The molecule has 1 aromatic heterocycles. The van der Waals surface area contributed by atoms with Crippen LogP contribution in [0.15, 0.2) is 53.4 Å². The van der Waals surface area contributed by atoms with Gasteiger partial charge in [-0.3, -0.25) is 9.52 Å². The smallest absolute Gasteiger partial charge is 0.261 e. The molecule has 3 rings (SSSR count). The summed E-state index contributed by atoms with van der Waals surface area (Å²) in [5.74, 6) is -0.686. The molecule has 160 valence electrons. The molecule has 2 N–H and O–H groups in total. The fourth-order valence-corrected chi connectivity index (χ4v) is 4.04. The fraction of sp³-hybridized carbons (Fsp3) is 0.150. The monoisotopic (exact) mass is 461 g/mol. The lowest BCUT2D eigenvalue weighted by Crippen LogP contribution is -2.16. The molecule has 2 aromatic carbocycles. The van der Waals surface area contributed by atoms with Gasteiger partial charge in [-0.05, 0) is 49.4 Å². The van der Waals surface area contributed by atoms with E-state index >= 15 is 0 Å². The zero-order chi connectivity index (χ0) is 22.6. The van der Waals surface area contributed by atoms with E-state index in [4.69, 9.17) is 16.9 Å². The van der Waals surface area contributed by atoms with E-state index in [0.29, 0.717) is 23.6 Å². The molecule has 0 aliphatic rings. The fourth-order valence-electron chi connectivity index (χ4n) is 2.71. The highest BCUT2D eigenvalue weighted by molar-refractivity contribution is 7.92. The van der Waals surface area contributed by atoms with Crippen LogP contribution in [0.4, 0.5) is 15.9 Å². The Bertz CT molecular complexity index is 1270. The van der Waals surface area contributed by atoms with Crippen molar-refractivity contribution in [1.29, 1.82) is 5.26 Å². The quantitative estimate of drug-likeness (QED) is 0.552. The molecule has 0 radical (unpaired) electrons. The van der Waals surface area contributed by atoms with Crippen molar-refractivity contribution in [3.05, 3.63) is 70.6 Å². The molecule has 0 aliphatic carbocycles. The standard InChI is InChI=1S/C20H17ClFN5O3S/c1-13-11-19(27(25-13)10-2-9-23)24-20(28)14-3-5-15(6-4-14)26-31(29,30)16-7-8-18(22)17(21)12-16/h3-8,11-12,26H,2,10H2,1H3,(H,24,28). The number of nitrogens with zero attached hydrogens (tertiary/aromatic N) is 3. The molecule has 1 heterocycles. The van der Waals surface area contributed by atoms with Gasteiger partial charge in [-0.25, -0.2) is 17.5 Å². The van der Waals surface area contributed by atoms with Crippen LogP contribution in [0.2, 0.25) is 5.02 Å². The van der Waals surface area contributed by atoms with Gasteiger partial charge in [0.2, 0.25) is 0 Å². The number of nitrogens with one attached hydrogen (secondary N) is 2. The Labute approximate surface area is 183 Å². The van der Waals surface area contributed by atoms with E-state index in [1.165, 1.54) is 28.9 Å². The number of anilines is 2.